The molecular weight excluding hydrogens is 579 g/mol. The molecule has 0 bridgehead atoms. The normalized spacial score (nSPS) is 16.8. The molecule has 2 aromatic rings. The van der Waals surface area contributed by atoms with Gasteiger partial charge in [-0.1, -0.05) is 0 Å². The Hall–Kier alpha value is -0.187. The zero-order valence-electron chi connectivity index (χ0n) is 9.69. The van der Waals surface area contributed by atoms with E-state index in [4.69, 9.17) is 9.15 Å². The summed E-state index contributed by atoms with van der Waals surface area (Å²) < 4.78 is 14.4. The molecule has 0 amide bonds. The number of esters is 1. The smallest absolute Gasteiger partial charge is 0 e. The average Bonchev–Trinajstić information content (AvgIpc) is 3.22. The maximum atomic E-state index is 11.8. The molecule has 1 atom stereocenters. The van der Waals surface area contributed by atoms with E-state index in [2.05, 4.69) is 3.53 Å². The summed E-state index contributed by atoms with van der Waals surface area (Å²) in [5.74, 6) is 0.117. The van der Waals surface area contributed by atoms with Crippen molar-refractivity contribution in [3.63, 3.8) is 0 Å². The number of hydrogen-bond donors (Lipinski definition) is 1. The number of carbonyl (C=O) groups is 1. The molecule has 0 aliphatic carbocycles. The zero-order valence-corrected chi connectivity index (χ0v) is 15.6. The van der Waals surface area contributed by atoms with Crippen LogP contribution < -0.4 is 35.4 Å². The van der Waals surface area contributed by atoms with Gasteiger partial charge in [-0.25, -0.2) is 0 Å². The van der Waals surface area contributed by atoms with Crippen molar-refractivity contribution < 1.29 is 54.9 Å². The van der Waals surface area contributed by atoms with Crippen molar-refractivity contribution in [3.8, 4) is 5.75 Å². The van der Waals surface area contributed by atoms with Crippen LogP contribution in [-0.4, -0.2) is 10.0 Å². The molecule has 5 nitrogen and oxygen atoms in total. The first-order valence-electron chi connectivity index (χ1n) is 5.30. The first-order valence-corrected chi connectivity index (χ1v) is 8.70. The summed E-state index contributed by atoms with van der Waals surface area (Å²) in [6, 6.07) is 7.88. The number of carbonyl (C=O) groups excluding carboxylic acids is 1. The van der Waals surface area contributed by atoms with Crippen LogP contribution in [0.3, 0.4) is 0 Å². The van der Waals surface area contributed by atoms with Crippen molar-refractivity contribution >= 4 is 39.5 Å². The molecule has 1 aliphatic rings. The number of hydrogen-bond acceptors (Lipinski definition) is 5. The standard InChI is InChI=1S/C12H7I2NO4.Rh/c13-10(11-14-15-11)12(17)18-7-2-3-8-6(5-7)1-4-9(16)19-8;/h1-5,11,15H;/q-2;. The molecule has 3 rings (SSSR count). The van der Waals surface area contributed by atoms with E-state index < -0.39 is 5.63 Å². The molecule has 1 saturated heterocycles. The van der Waals surface area contributed by atoms with E-state index in [9.17, 15) is 9.59 Å². The van der Waals surface area contributed by atoms with Gasteiger partial charge in [0.05, 0.1) is 0 Å². The summed E-state index contributed by atoms with van der Waals surface area (Å²) in [4.78, 5) is 22.9. The Morgan fingerprint density at radius 1 is 1.40 bits per heavy atom. The van der Waals surface area contributed by atoms with Crippen molar-refractivity contribution in [2.45, 2.75) is 4.05 Å². The van der Waals surface area contributed by atoms with Crippen molar-refractivity contribution in [2.75, 3.05) is 0 Å². The number of halogens is 2. The Morgan fingerprint density at radius 3 is 2.85 bits per heavy atom. The third-order valence-electron chi connectivity index (χ3n) is 2.44. The van der Waals surface area contributed by atoms with Crippen LogP contribution in [0.4, 0.5) is 0 Å². The van der Waals surface area contributed by atoms with Gasteiger partial charge in [0.1, 0.15) is 0 Å². The fourth-order valence-corrected chi connectivity index (χ4v) is 4.17. The van der Waals surface area contributed by atoms with Crippen LogP contribution in [0.2, 0.25) is 0 Å². The minimum absolute atomic E-state index is 0. The van der Waals surface area contributed by atoms with Crippen LogP contribution in [0.1, 0.15) is 0 Å². The van der Waals surface area contributed by atoms with Crippen molar-refractivity contribution in [1.29, 1.82) is 0 Å². The van der Waals surface area contributed by atoms with E-state index in [0.29, 0.717) is 15.3 Å². The largest absolute Gasteiger partial charge is 0 e. The molecule has 0 spiro atoms. The van der Waals surface area contributed by atoms with Crippen molar-refractivity contribution in [2.24, 2.45) is 0 Å². The summed E-state index contributed by atoms with van der Waals surface area (Å²) in [6.45, 7) is 0. The Morgan fingerprint density at radius 2 is 2.15 bits per heavy atom. The monoisotopic (exact) mass is 586 g/mol. The summed E-state index contributed by atoms with van der Waals surface area (Å²) >= 11 is 1.96. The molecule has 20 heavy (non-hydrogen) atoms. The molecule has 8 heteroatoms. The topological polar surface area (TPSA) is 78.5 Å². The minimum atomic E-state index is -0.399. The third kappa shape index (κ3) is 3.72. The third-order valence-corrected chi connectivity index (χ3v) is 6.56. The van der Waals surface area contributed by atoms with Gasteiger partial charge in [-0.2, -0.15) is 0 Å². The maximum absolute atomic E-state index is 11.8. The van der Waals surface area contributed by atoms with Crippen LogP contribution in [0.5, 0.6) is 5.75 Å². The molecule has 2 heterocycles. The van der Waals surface area contributed by atoms with Crippen LogP contribution in [0, 0.1) is 3.92 Å². The molecule has 1 radical (unpaired) electrons. The van der Waals surface area contributed by atoms with Gasteiger partial charge < -0.3 is 0 Å². The van der Waals surface area contributed by atoms with Gasteiger partial charge in [0.25, 0.3) is 0 Å². The fraction of sp³-hybridized carbons (Fsp3) is 0.0833. The van der Waals surface area contributed by atoms with E-state index in [1.54, 1.807) is 24.3 Å². The van der Waals surface area contributed by atoms with Gasteiger partial charge in [0.15, 0.2) is 0 Å². The van der Waals surface area contributed by atoms with E-state index >= 15 is 0 Å². The minimum Gasteiger partial charge on any atom is 0 e. The van der Waals surface area contributed by atoms with Gasteiger partial charge in [-0.05, 0) is 0 Å². The molecular formula is C12H7I2NO4Rh-2. The molecule has 1 fully saturated rings. The van der Waals surface area contributed by atoms with Crippen LogP contribution in [0.25, 0.3) is 11.0 Å². The van der Waals surface area contributed by atoms with Crippen molar-refractivity contribution in [3.05, 3.63) is 44.7 Å². The van der Waals surface area contributed by atoms with Gasteiger partial charge in [0.2, 0.25) is 0 Å². The van der Waals surface area contributed by atoms with E-state index in [-0.39, 0.29) is 51.0 Å². The number of fused-ring (bicyclic) bond motifs is 1. The number of rotatable bonds is 3. The molecule has 0 saturated carbocycles. The van der Waals surface area contributed by atoms with E-state index in [1.807, 2.05) is 22.6 Å². The van der Waals surface area contributed by atoms with Crippen LogP contribution in [-0.2, 0) is 24.3 Å². The first kappa shape index (κ1) is 16.2. The molecule has 1 aliphatic heterocycles. The second kappa shape index (κ2) is 6.72. The number of alkyl halides is 1. The molecule has 1 unspecified atom stereocenters. The SMILES string of the molecule is O=C(Oc1ccc2oc(=O)ccc2c1)[C-](I)C1N[I-]1.[Rh]. The Bertz CT molecular complexity index is 701. The van der Waals surface area contributed by atoms with Gasteiger partial charge >= 0.3 is 133 Å². The Kier molecular flexibility index (Phi) is 5.44. The predicted octanol–water partition coefficient (Wildman–Crippen LogP) is -1.40. The first-order chi connectivity index (χ1) is 9.13. The number of nitrogens with one attached hydrogen (secondary N) is 1. The zero-order chi connectivity index (χ0) is 13.4. The average molecular weight is 586 g/mol. The van der Waals surface area contributed by atoms with Gasteiger partial charge in [-0.3, -0.25) is 0 Å². The Balaban J connectivity index is 0.00000147. The summed E-state index contributed by atoms with van der Waals surface area (Å²) in [6.07, 6.45) is 0. The maximum Gasteiger partial charge on any atom is 0 e. The quantitative estimate of drug-likeness (QED) is 0.0458. The van der Waals surface area contributed by atoms with E-state index in [1.165, 1.54) is 6.07 Å². The molecule has 1 N–H and O–H groups in total. The fourth-order valence-electron chi connectivity index (χ4n) is 1.50. The Labute approximate surface area is 151 Å². The van der Waals surface area contributed by atoms with Crippen LogP contribution >= 0.6 is 22.6 Å². The summed E-state index contributed by atoms with van der Waals surface area (Å²) in [7, 11) is 0. The molecule has 1 aromatic heterocycles. The second-order valence-corrected chi connectivity index (χ2v) is 7.43. The van der Waals surface area contributed by atoms with Gasteiger partial charge in [0, 0.05) is 19.5 Å². The summed E-state index contributed by atoms with van der Waals surface area (Å²) in [5.41, 5.74) is 0.0737. The van der Waals surface area contributed by atoms with Gasteiger partial charge in [-0.15, -0.1) is 0 Å². The second-order valence-electron chi connectivity index (χ2n) is 3.77. The van der Waals surface area contributed by atoms with Crippen molar-refractivity contribution in [1.82, 2.24) is 3.53 Å². The van der Waals surface area contributed by atoms with E-state index in [0.717, 1.165) is 5.39 Å². The number of benzene rings is 1. The predicted molar refractivity (Wildman–Crippen MR) is 72.3 cm³/mol. The molecule has 1 aromatic carbocycles. The van der Waals surface area contributed by atoms with Crippen LogP contribution in [0.15, 0.2) is 39.5 Å². The number of ether oxygens (including phenoxy) is 1. The molecule has 109 valence electrons. The summed E-state index contributed by atoms with van der Waals surface area (Å²) in [5, 5.41) is 0.719.